The number of aryl methyl sites for hydroxylation is 1. The predicted molar refractivity (Wildman–Crippen MR) is 82.3 cm³/mol. The first-order chi connectivity index (χ1) is 10.6. The van der Waals surface area contributed by atoms with E-state index >= 15 is 0 Å². The van der Waals surface area contributed by atoms with E-state index < -0.39 is 0 Å². The molecular weight excluding hydrogens is 282 g/mol. The highest BCUT2D eigenvalue weighted by atomic mass is 16.2. The first-order valence-electron chi connectivity index (χ1n) is 7.91. The number of H-pyrrole nitrogens is 1. The number of ketones is 1. The second-order valence-corrected chi connectivity index (χ2v) is 5.91. The van der Waals surface area contributed by atoms with Crippen LogP contribution in [-0.4, -0.2) is 59.2 Å². The fourth-order valence-corrected chi connectivity index (χ4v) is 3.17. The van der Waals surface area contributed by atoms with E-state index in [9.17, 15) is 14.4 Å². The summed E-state index contributed by atoms with van der Waals surface area (Å²) in [6.07, 6.45) is 1.94. The van der Waals surface area contributed by atoms with Gasteiger partial charge in [0.05, 0.1) is 0 Å². The predicted octanol–water partition coefficient (Wildman–Crippen LogP) is 0.672. The minimum Gasteiger partial charge on any atom is -0.336 e. The monoisotopic (exact) mass is 303 g/mol. The van der Waals surface area contributed by atoms with Crippen LogP contribution in [0.5, 0.6) is 0 Å². The number of Topliss-reactive ketones (excluding diaryl/α,β-unsaturated/α-hetero) is 1. The molecule has 0 aromatic carbocycles. The summed E-state index contributed by atoms with van der Waals surface area (Å²) in [5, 5.41) is 0. The van der Waals surface area contributed by atoms with Crippen molar-refractivity contribution >= 4 is 11.7 Å². The number of aromatic amines is 1. The third-order valence-electron chi connectivity index (χ3n) is 4.59. The van der Waals surface area contributed by atoms with Gasteiger partial charge in [0.2, 0.25) is 0 Å². The molecule has 1 aliphatic heterocycles. The largest absolute Gasteiger partial charge is 0.336 e. The van der Waals surface area contributed by atoms with Crippen molar-refractivity contribution in [3.8, 4) is 0 Å². The normalized spacial score (nSPS) is 19.1. The van der Waals surface area contributed by atoms with Crippen molar-refractivity contribution in [3.05, 3.63) is 33.2 Å². The third kappa shape index (κ3) is 2.70. The lowest BCUT2D eigenvalue weighted by molar-refractivity contribution is 0.0641. The van der Waals surface area contributed by atoms with Crippen LogP contribution in [0.15, 0.2) is 10.9 Å². The molecule has 1 N–H and O–H groups in total. The van der Waals surface area contributed by atoms with E-state index in [-0.39, 0.29) is 22.8 Å². The van der Waals surface area contributed by atoms with Gasteiger partial charge in [0.25, 0.3) is 11.5 Å². The molecule has 0 radical (unpaired) electrons. The summed E-state index contributed by atoms with van der Waals surface area (Å²) in [6, 6.07) is 1.50. The zero-order valence-corrected chi connectivity index (χ0v) is 12.9. The van der Waals surface area contributed by atoms with Crippen molar-refractivity contribution in [2.75, 3.05) is 32.7 Å². The Bertz CT molecular complexity index is 657. The van der Waals surface area contributed by atoms with Crippen LogP contribution in [0.4, 0.5) is 0 Å². The van der Waals surface area contributed by atoms with Gasteiger partial charge in [-0.25, -0.2) is 0 Å². The number of nitrogens with one attached hydrogen (secondary N) is 1. The second-order valence-electron chi connectivity index (χ2n) is 5.91. The Hall–Kier alpha value is -1.95. The number of amides is 1. The first-order valence-corrected chi connectivity index (χ1v) is 7.91. The minimum atomic E-state index is -0.378. The van der Waals surface area contributed by atoms with E-state index in [1.165, 1.54) is 6.07 Å². The molecular formula is C16H21N3O3. The van der Waals surface area contributed by atoms with E-state index in [0.717, 1.165) is 26.1 Å². The van der Waals surface area contributed by atoms with Gasteiger partial charge in [0, 0.05) is 43.9 Å². The molecule has 0 unspecified atom stereocenters. The number of fused-ring (bicyclic) bond motifs is 1. The zero-order valence-electron chi connectivity index (χ0n) is 12.9. The molecule has 2 aliphatic rings. The number of aromatic nitrogens is 1. The van der Waals surface area contributed by atoms with E-state index in [0.29, 0.717) is 37.2 Å². The highest BCUT2D eigenvalue weighted by Gasteiger charge is 2.26. The number of hydrogen-bond donors (Lipinski definition) is 1. The summed E-state index contributed by atoms with van der Waals surface area (Å²) in [5.41, 5.74) is 0.908. The van der Waals surface area contributed by atoms with Crippen LogP contribution in [0.3, 0.4) is 0 Å². The van der Waals surface area contributed by atoms with E-state index in [2.05, 4.69) is 16.8 Å². The van der Waals surface area contributed by atoms with Crippen LogP contribution in [0.1, 0.15) is 46.2 Å². The lowest BCUT2D eigenvalue weighted by atomic mass is 9.93. The van der Waals surface area contributed by atoms with Crippen LogP contribution in [0.25, 0.3) is 0 Å². The molecule has 1 fully saturated rings. The zero-order chi connectivity index (χ0) is 15.7. The Morgan fingerprint density at radius 2 is 1.91 bits per heavy atom. The molecule has 1 aliphatic carbocycles. The quantitative estimate of drug-likeness (QED) is 0.871. The average molecular weight is 303 g/mol. The van der Waals surface area contributed by atoms with Crippen LogP contribution in [0, 0.1) is 0 Å². The number of likely N-dealkylation sites (N-methyl/N-ethyl adjacent to an activating group) is 1. The Labute approximate surface area is 129 Å². The topological polar surface area (TPSA) is 73.5 Å². The third-order valence-corrected chi connectivity index (χ3v) is 4.59. The first kappa shape index (κ1) is 15.0. The second kappa shape index (κ2) is 6.04. The summed E-state index contributed by atoms with van der Waals surface area (Å²) < 4.78 is 0. The smallest absolute Gasteiger partial charge is 0.261 e. The van der Waals surface area contributed by atoms with Crippen molar-refractivity contribution in [1.82, 2.24) is 14.8 Å². The fraction of sp³-hybridized carbons (Fsp3) is 0.562. The molecule has 3 rings (SSSR count). The van der Waals surface area contributed by atoms with Crippen molar-refractivity contribution in [1.29, 1.82) is 0 Å². The van der Waals surface area contributed by atoms with Gasteiger partial charge in [-0.3, -0.25) is 14.4 Å². The number of piperazine rings is 1. The number of carbonyl (C=O) groups excluding carboxylic acids is 2. The Morgan fingerprint density at radius 1 is 1.18 bits per heavy atom. The molecule has 118 valence electrons. The fourth-order valence-electron chi connectivity index (χ4n) is 3.17. The van der Waals surface area contributed by atoms with Gasteiger partial charge in [-0.2, -0.15) is 0 Å². The molecule has 0 bridgehead atoms. The molecule has 22 heavy (non-hydrogen) atoms. The molecule has 0 atom stereocenters. The number of hydrogen-bond acceptors (Lipinski definition) is 4. The molecule has 1 amide bonds. The van der Waals surface area contributed by atoms with Gasteiger partial charge in [0.1, 0.15) is 5.56 Å². The molecule has 2 heterocycles. The maximum Gasteiger partial charge on any atom is 0.261 e. The molecule has 6 nitrogen and oxygen atoms in total. The Balaban J connectivity index is 1.85. The number of rotatable bonds is 2. The SMILES string of the molecule is CCN1CCN(C(=O)c2cc3c([nH]c2=O)CCCC3=O)CC1. The van der Waals surface area contributed by atoms with Gasteiger partial charge in [-0.05, 0) is 25.5 Å². The summed E-state index contributed by atoms with van der Waals surface area (Å²) in [7, 11) is 0. The van der Waals surface area contributed by atoms with E-state index in [1.54, 1.807) is 4.90 Å². The van der Waals surface area contributed by atoms with Gasteiger partial charge >= 0.3 is 0 Å². The van der Waals surface area contributed by atoms with E-state index in [1.807, 2.05) is 0 Å². The van der Waals surface area contributed by atoms with Gasteiger partial charge < -0.3 is 14.8 Å². The molecule has 0 spiro atoms. The van der Waals surface area contributed by atoms with Crippen molar-refractivity contribution in [2.24, 2.45) is 0 Å². The lowest BCUT2D eigenvalue weighted by Gasteiger charge is -2.34. The molecule has 1 aromatic heterocycles. The summed E-state index contributed by atoms with van der Waals surface area (Å²) in [4.78, 5) is 43.4. The van der Waals surface area contributed by atoms with Gasteiger partial charge in [-0.1, -0.05) is 6.92 Å². The molecule has 0 saturated carbocycles. The summed E-state index contributed by atoms with van der Waals surface area (Å²) >= 11 is 0. The molecule has 1 aromatic rings. The highest BCUT2D eigenvalue weighted by molar-refractivity contribution is 6.01. The van der Waals surface area contributed by atoms with Crippen molar-refractivity contribution in [3.63, 3.8) is 0 Å². The maximum absolute atomic E-state index is 12.6. The average Bonchev–Trinajstić information content (AvgIpc) is 2.54. The number of nitrogens with zero attached hydrogens (tertiary/aromatic N) is 2. The van der Waals surface area contributed by atoms with Gasteiger partial charge in [-0.15, -0.1) is 0 Å². The highest BCUT2D eigenvalue weighted by Crippen LogP contribution is 2.19. The van der Waals surface area contributed by atoms with Crippen molar-refractivity contribution < 1.29 is 9.59 Å². The minimum absolute atomic E-state index is 0.0161. The van der Waals surface area contributed by atoms with Crippen LogP contribution in [-0.2, 0) is 6.42 Å². The number of pyridine rings is 1. The van der Waals surface area contributed by atoms with E-state index in [4.69, 9.17) is 0 Å². The molecule has 1 saturated heterocycles. The number of carbonyl (C=O) groups is 2. The Kier molecular flexibility index (Phi) is 4.11. The lowest BCUT2D eigenvalue weighted by Crippen LogP contribution is -2.49. The van der Waals surface area contributed by atoms with Crippen LogP contribution in [0.2, 0.25) is 0 Å². The molecule has 6 heteroatoms. The van der Waals surface area contributed by atoms with Crippen LogP contribution < -0.4 is 5.56 Å². The van der Waals surface area contributed by atoms with Crippen LogP contribution >= 0.6 is 0 Å². The maximum atomic E-state index is 12.6. The van der Waals surface area contributed by atoms with Gasteiger partial charge in [0.15, 0.2) is 5.78 Å². The summed E-state index contributed by atoms with van der Waals surface area (Å²) in [5.74, 6) is -0.250. The van der Waals surface area contributed by atoms with Crippen molar-refractivity contribution in [2.45, 2.75) is 26.2 Å². The Morgan fingerprint density at radius 3 is 2.59 bits per heavy atom. The summed E-state index contributed by atoms with van der Waals surface area (Å²) in [6.45, 7) is 5.95. The standard InChI is InChI=1S/C16H21N3O3/c1-2-18-6-8-19(9-7-18)16(22)12-10-11-13(17-15(12)21)4-3-5-14(11)20/h10H,2-9H2,1H3,(H,17,21).